The first kappa shape index (κ1) is 10.7. The largest absolute Gasteiger partial charge is 0.300 e. The molecule has 0 amide bonds. The molecule has 2 saturated carbocycles. The lowest BCUT2D eigenvalue weighted by Crippen LogP contribution is -2.47. The Morgan fingerprint density at radius 1 is 1.40 bits per heavy atom. The number of rotatable bonds is 0. The van der Waals surface area contributed by atoms with Crippen molar-refractivity contribution in [1.29, 1.82) is 5.26 Å². The van der Waals surface area contributed by atoms with E-state index in [9.17, 15) is 10.1 Å². The van der Waals surface area contributed by atoms with Gasteiger partial charge in [0.05, 0.1) is 11.5 Å². The highest BCUT2D eigenvalue weighted by atomic mass is 16.1. The van der Waals surface area contributed by atoms with E-state index in [1.807, 2.05) is 0 Å². The van der Waals surface area contributed by atoms with E-state index in [0.29, 0.717) is 24.5 Å². The van der Waals surface area contributed by atoms with Crippen LogP contribution in [0.1, 0.15) is 52.4 Å². The quantitative estimate of drug-likeness (QED) is 0.609. The lowest BCUT2D eigenvalue weighted by molar-refractivity contribution is -0.128. The molecule has 0 aromatic carbocycles. The number of ketones is 1. The van der Waals surface area contributed by atoms with E-state index in [1.165, 1.54) is 6.42 Å². The number of carbonyl (C=O) groups excluding carboxylic acids is 1. The summed E-state index contributed by atoms with van der Waals surface area (Å²) in [5.41, 5.74) is -0.0776. The Morgan fingerprint density at radius 3 is 2.80 bits per heavy atom. The highest BCUT2D eigenvalue weighted by molar-refractivity contribution is 5.80. The molecule has 82 valence electrons. The van der Waals surface area contributed by atoms with Crippen LogP contribution in [-0.4, -0.2) is 5.78 Å². The minimum Gasteiger partial charge on any atom is -0.300 e. The van der Waals surface area contributed by atoms with Crippen LogP contribution < -0.4 is 0 Å². The van der Waals surface area contributed by atoms with Crippen molar-refractivity contribution in [3.63, 3.8) is 0 Å². The van der Waals surface area contributed by atoms with Crippen LogP contribution >= 0.6 is 0 Å². The zero-order chi connectivity index (χ0) is 11.1. The molecule has 2 aliphatic rings. The van der Waals surface area contributed by atoms with E-state index >= 15 is 0 Å². The molecule has 0 spiro atoms. The SMILES string of the molecule is CC1(C)CCC[C@@]2(C#N)CC(=O)CC[C@@H]12. The summed E-state index contributed by atoms with van der Waals surface area (Å²) in [7, 11) is 0. The molecule has 0 bridgehead atoms. The first-order chi connectivity index (χ1) is 7.00. The minimum atomic E-state index is -0.322. The first-order valence-corrected chi connectivity index (χ1v) is 5.93. The standard InChI is InChI=1S/C13H19NO/c1-12(2)6-3-7-13(9-14)8-10(15)4-5-11(12)13/h11H,3-8H2,1-2H3/t11-,13-/m0/s1. The van der Waals surface area contributed by atoms with Crippen molar-refractivity contribution in [2.45, 2.75) is 52.4 Å². The van der Waals surface area contributed by atoms with E-state index < -0.39 is 0 Å². The van der Waals surface area contributed by atoms with Crippen LogP contribution in [0.4, 0.5) is 0 Å². The van der Waals surface area contributed by atoms with Gasteiger partial charge in [-0.2, -0.15) is 5.26 Å². The maximum atomic E-state index is 11.5. The van der Waals surface area contributed by atoms with Crippen LogP contribution in [0, 0.1) is 28.1 Å². The fourth-order valence-electron chi connectivity index (χ4n) is 3.75. The molecule has 0 aromatic heterocycles. The third-order valence-electron chi connectivity index (χ3n) is 4.50. The van der Waals surface area contributed by atoms with Crippen LogP contribution in [0.25, 0.3) is 0 Å². The van der Waals surface area contributed by atoms with Gasteiger partial charge < -0.3 is 0 Å². The van der Waals surface area contributed by atoms with Gasteiger partial charge in [-0.05, 0) is 30.6 Å². The Labute approximate surface area is 91.7 Å². The molecule has 0 aliphatic heterocycles. The third kappa shape index (κ3) is 1.58. The van der Waals surface area contributed by atoms with E-state index in [-0.39, 0.29) is 10.8 Å². The molecule has 0 aromatic rings. The lowest BCUT2D eigenvalue weighted by Gasteiger charge is -2.51. The summed E-state index contributed by atoms with van der Waals surface area (Å²) in [5, 5.41) is 9.42. The van der Waals surface area contributed by atoms with Crippen LogP contribution in [0.5, 0.6) is 0 Å². The Bertz CT molecular complexity index is 326. The molecule has 2 fully saturated rings. The molecule has 2 nitrogen and oxygen atoms in total. The van der Waals surface area contributed by atoms with E-state index in [1.54, 1.807) is 0 Å². The molecular weight excluding hydrogens is 186 g/mol. The predicted molar refractivity (Wildman–Crippen MR) is 58.0 cm³/mol. The molecule has 2 atom stereocenters. The molecule has 2 rings (SSSR count). The van der Waals surface area contributed by atoms with Gasteiger partial charge in [0.15, 0.2) is 0 Å². The average Bonchev–Trinajstić information content (AvgIpc) is 2.16. The smallest absolute Gasteiger partial charge is 0.134 e. The number of hydrogen-bond acceptors (Lipinski definition) is 2. The van der Waals surface area contributed by atoms with Crippen molar-refractivity contribution in [1.82, 2.24) is 0 Å². The fraction of sp³-hybridized carbons (Fsp3) is 0.846. The fourth-order valence-corrected chi connectivity index (χ4v) is 3.75. The van der Waals surface area contributed by atoms with E-state index in [4.69, 9.17) is 0 Å². The Balaban J connectivity index is 2.35. The molecular formula is C13H19NO. The topological polar surface area (TPSA) is 40.9 Å². The zero-order valence-corrected chi connectivity index (χ0v) is 9.68. The number of Topliss-reactive ketones (excluding diaryl/α,β-unsaturated/α-hetero) is 1. The zero-order valence-electron chi connectivity index (χ0n) is 9.68. The summed E-state index contributed by atoms with van der Waals surface area (Å²) in [6, 6.07) is 2.48. The van der Waals surface area contributed by atoms with Crippen molar-refractivity contribution in [3.8, 4) is 6.07 Å². The second kappa shape index (κ2) is 3.33. The molecule has 0 saturated heterocycles. The summed E-state index contributed by atoms with van der Waals surface area (Å²) < 4.78 is 0. The van der Waals surface area contributed by atoms with E-state index in [2.05, 4.69) is 19.9 Å². The summed E-state index contributed by atoms with van der Waals surface area (Å²) in [5.74, 6) is 0.729. The number of nitriles is 1. The van der Waals surface area contributed by atoms with Crippen molar-refractivity contribution in [2.24, 2.45) is 16.7 Å². The third-order valence-corrected chi connectivity index (χ3v) is 4.50. The summed E-state index contributed by atoms with van der Waals surface area (Å²) in [6.07, 6.45) is 5.37. The molecule has 2 aliphatic carbocycles. The Hall–Kier alpha value is -0.840. The average molecular weight is 205 g/mol. The number of nitrogens with zero attached hydrogens (tertiary/aromatic N) is 1. The Kier molecular flexibility index (Phi) is 2.37. The molecule has 0 N–H and O–H groups in total. The Morgan fingerprint density at radius 2 is 2.13 bits per heavy atom. The van der Waals surface area contributed by atoms with Crippen LogP contribution in [-0.2, 0) is 4.79 Å². The number of carbonyl (C=O) groups is 1. The van der Waals surface area contributed by atoms with Crippen molar-refractivity contribution in [2.75, 3.05) is 0 Å². The van der Waals surface area contributed by atoms with Crippen LogP contribution in [0.3, 0.4) is 0 Å². The van der Waals surface area contributed by atoms with Crippen LogP contribution in [0.15, 0.2) is 0 Å². The molecule has 0 radical (unpaired) electrons. The second-order valence-electron chi connectivity index (χ2n) is 5.92. The highest BCUT2D eigenvalue weighted by Gasteiger charge is 2.52. The van der Waals surface area contributed by atoms with Crippen molar-refractivity contribution >= 4 is 5.78 Å². The van der Waals surface area contributed by atoms with Gasteiger partial charge in [-0.15, -0.1) is 0 Å². The van der Waals surface area contributed by atoms with Crippen molar-refractivity contribution < 1.29 is 4.79 Å². The van der Waals surface area contributed by atoms with Gasteiger partial charge in [-0.25, -0.2) is 0 Å². The molecule has 0 unspecified atom stereocenters. The molecule has 15 heavy (non-hydrogen) atoms. The van der Waals surface area contributed by atoms with Gasteiger partial charge in [0.25, 0.3) is 0 Å². The predicted octanol–water partition coefficient (Wildman–Crippen LogP) is 3.08. The number of fused-ring (bicyclic) bond motifs is 1. The highest BCUT2D eigenvalue weighted by Crippen LogP contribution is 2.56. The molecule has 0 heterocycles. The van der Waals surface area contributed by atoms with Gasteiger partial charge in [0.1, 0.15) is 5.78 Å². The van der Waals surface area contributed by atoms with Gasteiger partial charge in [0.2, 0.25) is 0 Å². The minimum absolute atomic E-state index is 0.245. The first-order valence-electron chi connectivity index (χ1n) is 5.93. The number of hydrogen-bond donors (Lipinski definition) is 0. The second-order valence-corrected chi connectivity index (χ2v) is 5.92. The summed E-state index contributed by atoms with van der Waals surface area (Å²) in [6.45, 7) is 4.53. The maximum absolute atomic E-state index is 11.5. The lowest BCUT2D eigenvalue weighted by atomic mass is 9.51. The van der Waals surface area contributed by atoms with E-state index in [0.717, 1.165) is 19.3 Å². The van der Waals surface area contributed by atoms with Crippen LogP contribution in [0.2, 0.25) is 0 Å². The summed E-state index contributed by atoms with van der Waals surface area (Å²) in [4.78, 5) is 11.5. The van der Waals surface area contributed by atoms with Gasteiger partial charge in [0, 0.05) is 12.8 Å². The van der Waals surface area contributed by atoms with Gasteiger partial charge >= 0.3 is 0 Å². The molecule has 2 heteroatoms. The normalized spacial score (nSPS) is 39.3. The van der Waals surface area contributed by atoms with Crippen molar-refractivity contribution in [3.05, 3.63) is 0 Å². The maximum Gasteiger partial charge on any atom is 0.134 e. The summed E-state index contributed by atoms with van der Waals surface area (Å²) >= 11 is 0. The van der Waals surface area contributed by atoms with Gasteiger partial charge in [-0.1, -0.05) is 20.3 Å². The monoisotopic (exact) mass is 205 g/mol. The van der Waals surface area contributed by atoms with Gasteiger partial charge in [-0.3, -0.25) is 4.79 Å².